The molecular weight excluding hydrogens is 208 g/mol. The highest BCUT2D eigenvalue weighted by Crippen LogP contribution is 2.19. The SMILES string of the molecule is Cc1ccsc1C(=O)N(C)[C@H]1CCNC1. The number of hydrogen-bond donors (Lipinski definition) is 1. The van der Waals surface area contributed by atoms with Crippen LogP contribution in [0.3, 0.4) is 0 Å². The number of thiophene rings is 1. The van der Waals surface area contributed by atoms with Crippen molar-refractivity contribution in [2.24, 2.45) is 0 Å². The van der Waals surface area contributed by atoms with E-state index in [4.69, 9.17) is 0 Å². The van der Waals surface area contributed by atoms with Crippen molar-refractivity contribution in [3.05, 3.63) is 21.9 Å². The monoisotopic (exact) mass is 224 g/mol. The summed E-state index contributed by atoms with van der Waals surface area (Å²) in [5.41, 5.74) is 1.09. The second-order valence-electron chi connectivity index (χ2n) is 4.00. The van der Waals surface area contributed by atoms with Crippen LogP contribution >= 0.6 is 11.3 Å². The summed E-state index contributed by atoms with van der Waals surface area (Å²) >= 11 is 1.53. The molecule has 4 heteroatoms. The van der Waals surface area contributed by atoms with E-state index >= 15 is 0 Å². The van der Waals surface area contributed by atoms with Gasteiger partial charge in [-0.3, -0.25) is 4.79 Å². The number of carbonyl (C=O) groups is 1. The van der Waals surface area contributed by atoms with Crippen LogP contribution in [0.2, 0.25) is 0 Å². The molecule has 1 aliphatic heterocycles. The summed E-state index contributed by atoms with van der Waals surface area (Å²) in [6, 6.07) is 2.36. The number of nitrogens with zero attached hydrogens (tertiary/aromatic N) is 1. The van der Waals surface area contributed by atoms with Crippen molar-refractivity contribution in [1.29, 1.82) is 0 Å². The number of rotatable bonds is 2. The van der Waals surface area contributed by atoms with E-state index in [1.165, 1.54) is 11.3 Å². The quantitative estimate of drug-likeness (QED) is 0.825. The molecule has 1 amide bonds. The van der Waals surface area contributed by atoms with Gasteiger partial charge in [-0.25, -0.2) is 0 Å². The van der Waals surface area contributed by atoms with Crippen molar-refractivity contribution in [1.82, 2.24) is 10.2 Å². The van der Waals surface area contributed by atoms with Crippen LogP contribution in [0.15, 0.2) is 11.4 Å². The van der Waals surface area contributed by atoms with Crippen molar-refractivity contribution in [3.63, 3.8) is 0 Å². The van der Waals surface area contributed by atoms with E-state index in [1.807, 2.05) is 30.3 Å². The Hall–Kier alpha value is -0.870. The molecule has 0 aliphatic carbocycles. The third kappa shape index (κ3) is 2.06. The van der Waals surface area contributed by atoms with Gasteiger partial charge in [0.2, 0.25) is 0 Å². The molecule has 2 heterocycles. The van der Waals surface area contributed by atoms with E-state index in [0.29, 0.717) is 6.04 Å². The number of amides is 1. The topological polar surface area (TPSA) is 32.3 Å². The fraction of sp³-hybridized carbons (Fsp3) is 0.545. The Balaban J connectivity index is 2.10. The minimum absolute atomic E-state index is 0.163. The van der Waals surface area contributed by atoms with Gasteiger partial charge in [-0.1, -0.05) is 0 Å². The molecule has 1 aromatic heterocycles. The molecule has 0 radical (unpaired) electrons. The summed E-state index contributed by atoms with van der Waals surface area (Å²) < 4.78 is 0. The Labute approximate surface area is 94.1 Å². The minimum Gasteiger partial charge on any atom is -0.337 e. The highest BCUT2D eigenvalue weighted by Gasteiger charge is 2.25. The van der Waals surface area contributed by atoms with Crippen molar-refractivity contribution < 1.29 is 4.79 Å². The summed E-state index contributed by atoms with van der Waals surface area (Å²) in [4.78, 5) is 14.9. The molecule has 1 N–H and O–H groups in total. The predicted molar refractivity (Wildman–Crippen MR) is 62.4 cm³/mol. The molecule has 0 bridgehead atoms. The fourth-order valence-electron chi connectivity index (χ4n) is 1.89. The summed E-state index contributed by atoms with van der Waals surface area (Å²) in [7, 11) is 1.90. The van der Waals surface area contributed by atoms with Crippen molar-refractivity contribution in [2.45, 2.75) is 19.4 Å². The number of hydrogen-bond acceptors (Lipinski definition) is 3. The third-order valence-electron chi connectivity index (χ3n) is 2.96. The summed E-state index contributed by atoms with van der Waals surface area (Å²) in [5, 5.41) is 5.25. The van der Waals surface area contributed by atoms with Crippen LogP contribution in [-0.2, 0) is 0 Å². The van der Waals surface area contributed by atoms with Crippen molar-refractivity contribution in [2.75, 3.05) is 20.1 Å². The van der Waals surface area contributed by atoms with E-state index < -0.39 is 0 Å². The van der Waals surface area contributed by atoms with Crippen LogP contribution in [0.1, 0.15) is 21.7 Å². The van der Waals surface area contributed by atoms with Gasteiger partial charge in [0.25, 0.3) is 5.91 Å². The van der Waals surface area contributed by atoms with Gasteiger partial charge in [0.1, 0.15) is 0 Å². The highest BCUT2D eigenvalue weighted by atomic mass is 32.1. The number of aryl methyl sites for hydroxylation is 1. The third-order valence-corrected chi connectivity index (χ3v) is 3.96. The van der Waals surface area contributed by atoms with Gasteiger partial charge >= 0.3 is 0 Å². The zero-order valence-corrected chi connectivity index (χ0v) is 9.93. The van der Waals surface area contributed by atoms with Crippen molar-refractivity contribution >= 4 is 17.2 Å². The predicted octanol–water partition coefficient (Wildman–Crippen LogP) is 1.49. The average Bonchev–Trinajstić information content (AvgIpc) is 2.85. The first-order valence-corrected chi connectivity index (χ1v) is 6.10. The molecule has 1 fully saturated rings. The maximum atomic E-state index is 12.1. The minimum atomic E-state index is 0.163. The van der Waals surface area contributed by atoms with Gasteiger partial charge in [0.15, 0.2) is 0 Å². The normalized spacial score (nSPS) is 20.5. The van der Waals surface area contributed by atoms with Crippen LogP contribution in [0.4, 0.5) is 0 Å². The van der Waals surface area contributed by atoms with Crippen LogP contribution < -0.4 is 5.32 Å². The molecule has 15 heavy (non-hydrogen) atoms. The first-order valence-electron chi connectivity index (χ1n) is 5.22. The second kappa shape index (κ2) is 4.33. The van der Waals surface area contributed by atoms with Gasteiger partial charge in [-0.15, -0.1) is 11.3 Å². The molecule has 1 aromatic rings. The molecule has 1 saturated heterocycles. The van der Waals surface area contributed by atoms with E-state index in [9.17, 15) is 4.79 Å². The van der Waals surface area contributed by atoms with Gasteiger partial charge in [0.05, 0.1) is 4.88 Å². The second-order valence-corrected chi connectivity index (χ2v) is 4.91. The van der Waals surface area contributed by atoms with E-state index in [0.717, 1.165) is 30.0 Å². The highest BCUT2D eigenvalue weighted by molar-refractivity contribution is 7.12. The molecule has 1 aliphatic rings. The molecule has 82 valence electrons. The Morgan fingerprint density at radius 2 is 2.47 bits per heavy atom. The van der Waals surface area contributed by atoms with Crippen LogP contribution in [0, 0.1) is 6.92 Å². The van der Waals surface area contributed by atoms with E-state index in [2.05, 4.69) is 5.32 Å². The number of carbonyl (C=O) groups excluding carboxylic acids is 1. The van der Waals surface area contributed by atoms with Gasteiger partial charge in [-0.2, -0.15) is 0 Å². The van der Waals surface area contributed by atoms with Crippen LogP contribution in [0.5, 0.6) is 0 Å². The smallest absolute Gasteiger partial charge is 0.264 e. The average molecular weight is 224 g/mol. The van der Waals surface area contributed by atoms with Crippen LogP contribution in [0.25, 0.3) is 0 Å². The summed E-state index contributed by atoms with van der Waals surface area (Å²) in [6.07, 6.45) is 1.06. The van der Waals surface area contributed by atoms with Gasteiger partial charge in [0, 0.05) is 19.6 Å². The first-order chi connectivity index (χ1) is 7.20. The largest absolute Gasteiger partial charge is 0.337 e. The Kier molecular flexibility index (Phi) is 3.07. The van der Waals surface area contributed by atoms with Crippen molar-refractivity contribution in [3.8, 4) is 0 Å². The molecule has 0 unspecified atom stereocenters. The molecule has 0 spiro atoms. The molecule has 2 rings (SSSR count). The zero-order chi connectivity index (χ0) is 10.8. The van der Waals surface area contributed by atoms with E-state index in [1.54, 1.807) is 0 Å². The maximum absolute atomic E-state index is 12.1. The summed E-state index contributed by atoms with van der Waals surface area (Å²) in [5.74, 6) is 0.163. The molecule has 0 aromatic carbocycles. The molecule has 1 atom stereocenters. The lowest BCUT2D eigenvalue weighted by molar-refractivity contribution is 0.0748. The van der Waals surface area contributed by atoms with Gasteiger partial charge in [-0.05, 0) is 36.9 Å². The molecular formula is C11H16N2OS. The van der Waals surface area contributed by atoms with Gasteiger partial charge < -0.3 is 10.2 Å². The maximum Gasteiger partial charge on any atom is 0.264 e. The lowest BCUT2D eigenvalue weighted by Crippen LogP contribution is -2.38. The van der Waals surface area contributed by atoms with E-state index in [-0.39, 0.29) is 5.91 Å². The Morgan fingerprint density at radius 3 is 3.00 bits per heavy atom. The standard InChI is InChI=1S/C11H16N2OS/c1-8-4-6-15-10(8)11(14)13(2)9-3-5-12-7-9/h4,6,9,12H,3,5,7H2,1-2H3/t9-/m0/s1. The number of nitrogens with one attached hydrogen (secondary N) is 1. The fourth-order valence-corrected chi connectivity index (χ4v) is 2.79. The first kappa shape index (κ1) is 10.6. The van der Waals surface area contributed by atoms with Crippen LogP contribution in [-0.4, -0.2) is 37.0 Å². The Bertz CT molecular complexity index is 355. The molecule has 3 nitrogen and oxygen atoms in total. The summed E-state index contributed by atoms with van der Waals surface area (Å²) in [6.45, 7) is 3.93. The lowest BCUT2D eigenvalue weighted by atomic mass is 10.2. The molecule has 0 saturated carbocycles. The zero-order valence-electron chi connectivity index (χ0n) is 9.12. The Morgan fingerprint density at radius 1 is 1.67 bits per heavy atom. The number of likely N-dealkylation sites (N-methyl/N-ethyl adjacent to an activating group) is 1. The lowest BCUT2D eigenvalue weighted by Gasteiger charge is -2.23.